The van der Waals surface area contributed by atoms with Gasteiger partial charge in [0.1, 0.15) is 5.75 Å². The monoisotopic (exact) mass is 293 g/mol. The number of halogens is 1. The van der Waals surface area contributed by atoms with Crippen molar-refractivity contribution in [2.24, 2.45) is 0 Å². The highest BCUT2D eigenvalue weighted by atomic mass is 35.5. The van der Waals surface area contributed by atoms with E-state index in [1.165, 1.54) is 10.4 Å². The van der Waals surface area contributed by atoms with Gasteiger partial charge >= 0.3 is 0 Å². The summed E-state index contributed by atoms with van der Waals surface area (Å²) in [6.07, 6.45) is 1.03. The first-order chi connectivity index (χ1) is 9.29. The van der Waals surface area contributed by atoms with Crippen LogP contribution in [-0.4, -0.2) is 13.7 Å². The van der Waals surface area contributed by atoms with Crippen molar-refractivity contribution >= 4 is 22.9 Å². The second kappa shape index (κ2) is 5.53. The molecule has 2 atom stereocenters. The second-order valence-corrected chi connectivity index (χ2v) is 6.44. The molecule has 0 bridgehead atoms. The van der Waals surface area contributed by atoms with E-state index in [-0.39, 0.29) is 0 Å². The third-order valence-electron chi connectivity index (χ3n) is 3.62. The van der Waals surface area contributed by atoms with Gasteiger partial charge in [-0.25, -0.2) is 0 Å². The summed E-state index contributed by atoms with van der Waals surface area (Å²) in [6.45, 7) is 0.777. The van der Waals surface area contributed by atoms with Gasteiger partial charge in [-0.15, -0.1) is 11.3 Å². The lowest BCUT2D eigenvalue weighted by atomic mass is 9.86. The Morgan fingerprint density at radius 2 is 2.16 bits per heavy atom. The van der Waals surface area contributed by atoms with Crippen LogP contribution in [0.5, 0.6) is 5.75 Å². The molecule has 0 spiro atoms. The summed E-state index contributed by atoms with van der Waals surface area (Å²) in [7, 11) is 2.01. The van der Waals surface area contributed by atoms with E-state index in [9.17, 15) is 0 Å². The van der Waals surface area contributed by atoms with E-state index in [4.69, 9.17) is 16.3 Å². The number of rotatable bonds is 3. The van der Waals surface area contributed by atoms with Gasteiger partial charge in [0.15, 0.2) is 0 Å². The first kappa shape index (κ1) is 13.0. The van der Waals surface area contributed by atoms with Gasteiger partial charge in [0.2, 0.25) is 0 Å². The predicted molar refractivity (Wildman–Crippen MR) is 80.4 cm³/mol. The molecule has 2 aromatic rings. The highest BCUT2D eigenvalue weighted by Gasteiger charge is 2.29. The third kappa shape index (κ3) is 2.50. The Balaban J connectivity index is 1.97. The number of para-hydroxylation sites is 1. The molecule has 2 heterocycles. The fraction of sp³-hybridized carbons (Fsp3) is 0.333. The molecule has 1 N–H and O–H groups in total. The van der Waals surface area contributed by atoms with Crippen LogP contribution in [-0.2, 0) is 0 Å². The predicted octanol–water partition coefficient (Wildman–Crippen LogP) is 4.23. The molecule has 0 saturated carbocycles. The molecule has 1 aromatic carbocycles. The van der Waals surface area contributed by atoms with E-state index in [1.807, 2.05) is 19.2 Å². The lowest BCUT2D eigenvalue weighted by molar-refractivity contribution is 0.249. The van der Waals surface area contributed by atoms with Crippen LogP contribution in [0.25, 0.3) is 0 Å². The molecular formula is C15H16ClNOS. The van der Waals surface area contributed by atoms with Crippen LogP contribution < -0.4 is 10.1 Å². The molecule has 100 valence electrons. The molecule has 0 radical (unpaired) electrons. The molecular weight excluding hydrogens is 278 g/mol. The average Bonchev–Trinajstić information content (AvgIpc) is 2.86. The Labute approximate surface area is 122 Å². The fourth-order valence-electron chi connectivity index (χ4n) is 2.75. The summed E-state index contributed by atoms with van der Waals surface area (Å²) in [5.74, 6) is 1.45. The molecule has 1 aromatic heterocycles. The smallest absolute Gasteiger partial charge is 0.122 e. The number of likely N-dealkylation sites (N-methyl/N-ethyl adjacent to an activating group) is 1. The summed E-state index contributed by atoms with van der Waals surface area (Å²) in [5.41, 5.74) is 1.29. The van der Waals surface area contributed by atoms with Gasteiger partial charge in [-0.05, 0) is 37.2 Å². The number of nitrogens with one attached hydrogen (secondary N) is 1. The summed E-state index contributed by atoms with van der Waals surface area (Å²) in [4.78, 5) is 1.29. The van der Waals surface area contributed by atoms with E-state index in [0.29, 0.717) is 12.0 Å². The molecule has 0 aliphatic carbocycles. The number of ether oxygens (including phenoxy) is 1. The van der Waals surface area contributed by atoms with Gasteiger partial charge in [0, 0.05) is 16.8 Å². The minimum absolute atomic E-state index is 0.294. The Hall–Kier alpha value is -1.03. The van der Waals surface area contributed by atoms with E-state index in [1.54, 1.807) is 11.3 Å². The maximum absolute atomic E-state index is 6.07. The van der Waals surface area contributed by atoms with Crippen molar-refractivity contribution in [1.82, 2.24) is 5.32 Å². The van der Waals surface area contributed by atoms with Gasteiger partial charge in [-0.1, -0.05) is 29.8 Å². The number of thiophene rings is 1. The normalized spacial score (nSPS) is 19.6. The largest absolute Gasteiger partial charge is 0.493 e. The minimum Gasteiger partial charge on any atom is -0.493 e. The quantitative estimate of drug-likeness (QED) is 0.914. The number of hydrogen-bond acceptors (Lipinski definition) is 3. The van der Waals surface area contributed by atoms with Crippen LogP contribution in [0.2, 0.25) is 4.34 Å². The van der Waals surface area contributed by atoms with Gasteiger partial charge < -0.3 is 10.1 Å². The Kier molecular flexibility index (Phi) is 3.78. The molecule has 2 nitrogen and oxygen atoms in total. The van der Waals surface area contributed by atoms with Gasteiger partial charge in [-0.3, -0.25) is 0 Å². The van der Waals surface area contributed by atoms with Crippen LogP contribution >= 0.6 is 22.9 Å². The highest BCUT2D eigenvalue weighted by molar-refractivity contribution is 7.16. The topological polar surface area (TPSA) is 21.3 Å². The second-order valence-electron chi connectivity index (χ2n) is 4.69. The minimum atomic E-state index is 0.294. The van der Waals surface area contributed by atoms with Crippen molar-refractivity contribution in [3.63, 3.8) is 0 Å². The van der Waals surface area contributed by atoms with Crippen molar-refractivity contribution in [3.8, 4) is 5.75 Å². The summed E-state index contributed by atoms with van der Waals surface area (Å²) < 4.78 is 6.58. The van der Waals surface area contributed by atoms with E-state index in [2.05, 4.69) is 29.6 Å². The first-order valence-corrected chi connectivity index (χ1v) is 7.63. The lowest BCUT2D eigenvalue weighted by Crippen LogP contribution is -2.27. The van der Waals surface area contributed by atoms with Crippen molar-refractivity contribution in [2.75, 3.05) is 13.7 Å². The Morgan fingerprint density at radius 1 is 1.32 bits per heavy atom. The van der Waals surface area contributed by atoms with Crippen molar-refractivity contribution in [3.05, 3.63) is 51.2 Å². The van der Waals surface area contributed by atoms with E-state index in [0.717, 1.165) is 23.1 Å². The average molecular weight is 294 g/mol. The van der Waals surface area contributed by atoms with Crippen LogP contribution in [0, 0.1) is 0 Å². The molecule has 4 heteroatoms. The maximum Gasteiger partial charge on any atom is 0.122 e. The maximum atomic E-state index is 6.07. The molecule has 1 aliphatic rings. The molecule has 0 amide bonds. The molecule has 19 heavy (non-hydrogen) atoms. The molecule has 3 rings (SSSR count). The SMILES string of the molecule is CNC(c1ccc(Cl)s1)C1CCOc2ccccc21. The van der Waals surface area contributed by atoms with Crippen LogP contribution in [0.3, 0.4) is 0 Å². The van der Waals surface area contributed by atoms with E-state index < -0.39 is 0 Å². The zero-order chi connectivity index (χ0) is 13.2. The summed E-state index contributed by atoms with van der Waals surface area (Å²) in [5, 5.41) is 3.44. The molecule has 1 aliphatic heterocycles. The number of hydrogen-bond donors (Lipinski definition) is 1. The zero-order valence-electron chi connectivity index (χ0n) is 10.7. The van der Waals surface area contributed by atoms with Crippen molar-refractivity contribution in [1.29, 1.82) is 0 Å². The van der Waals surface area contributed by atoms with Gasteiger partial charge in [0.25, 0.3) is 0 Å². The van der Waals surface area contributed by atoms with Crippen LogP contribution in [0.1, 0.15) is 28.8 Å². The van der Waals surface area contributed by atoms with Crippen molar-refractivity contribution in [2.45, 2.75) is 18.4 Å². The summed E-state index contributed by atoms with van der Waals surface area (Å²) in [6, 6.07) is 12.7. The molecule has 2 unspecified atom stereocenters. The molecule has 0 fully saturated rings. The highest BCUT2D eigenvalue weighted by Crippen LogP contribution is 2.43. The Morgan fingerprint density at radius 3 is 2.89 bits per heavy atom. The lowest BCUT2D eigenvalue weighted by Gasteiger charge is -2.31. The third-order valence-corrected chi connectivity index (χ3v) is 4.93. The number of benzene rings is 1. The number of fused-ring (bicyclic) bond motifs is 1. The Bertz CT molecular complexity index is 569. The first-order valence-electron chi connectivity index (χ1n) is 6.44. The zero-order valence-corrected chi connectivity index (χ0v) is 12.3. The fourth-order valence-corrected chi connectivity index (χ4v) is 3.99. The van der Waals surface area contributed by atoms with Gasteiger partial charge in [0.05, 0.1) is 10.9 Å². The molecule has 0 saturated heterocycles. The summed E-state index contributed by atoms with van der Waals surface area (Å²) >= 11 is 7.72. The van der Waals surface area contributed by atoms with Crippen LogP contribution in [0.4, 0.5) is 0 Å². The van der Waals surface area contributed by atoms with Crippen molar-refractivity contribution < 1.29 is 4.74 Å². The van der Waals surface area contributed by atoms with E-state index >= 15 is 0 Å². The van der Waals surface area contributed by atoms with Crippen LogP contribution in [0.15, 0.2) is 36.4 Å². The standard InChI is InChI=1S/C15H16ClNOS/c1-17-15(13-6-7-14(16)19-13)11-8-9-18-12-5-3-2-4-10(11)12/h2-7,11,15,17H,8-9H2,1H3. The van der Waals surface area contributed by atoms with Gasteiger partial charge in [-0.2, -0.15) is 0 Å².